The van der Waals surface area contributed by atoms with Gasteiger partial charge in [0.25, 0.3) is 6.43 Å². The fourth-order valence-corrected chi connectivity index (χ4v) is 2.52. The highest BCUT2D eigenvalue weighted by atomic mass is 19.3. The van der Waals surface area contributed by atoms with Gasteiger partial charge in [-0.25, -0.2) is 8.78 Å². The number of hydrogen-bond acceptors (Lipinski definition) is 2. The van der Waals surface area contributed by atoms with Crippen molar-refractivity contribution in [3.05, 3.63) is 35.9 Å². The predicted octanol–water partition coefficient (Wildman–Crippen LogP) is 2.29. The van der Waals surface area contributed by atoms with Gasteiger partial charge in [-0.05, 0) is 18.4 Å². The topological polar surface area (TPSA) is 40.6 Å². The van der Waals surface area contributed by atoms with Crippen LogP contribution in [-0.2, 0) is 16.1 Å². The Hall–Kier alpha value is -1.98. The van der Waals surface area contributed by atoms with E-state index in [1.807, 2.05) is 6.07 Å². The largest absolute Gasteiger partial charge is 0.333 e. The predicted molar refractivity (Wildman–Crippen MR) is 78.3 cm³/mol. The van der Waals surface area contributed by atoms with Gasteiger partial charge >= 0.3 is 0 Å². The van der Waals surface area contributed by atoms with Gasteiger partial charge in [0.05, 0.1) is 13.1 Å². The van der Waals surface area contributed by atoms with E-state index in [4.69, 9.17) is 0 Å². The number of amides is 2. The van der Waals surface area contributed by atoms with Gasteiger partial charge in [0.2, 0.25) is 11.8 Å². The fourth-order valence-electron chi connectivity index (χ4n) is 2.52. The second-order valence-corrected chi connectivity index (χ2v) is 5.42. The first-order valence-electron chi connectivity index (χ1n) is 7.44. The number of carbonyl (C=O) groups is 2. The number of nitrogens with zero attached hydrogens (tertiary/aromatic N) is 2. The molecule has 6 heteroatoms. The maximum Gasteiger partial charge on any atom is 0.255 e. The van der Waals surface area contributed by atoms with Crippen molar-refractivity contribution in [3.63, 3.8) is 0 Å². The zero-order valence-electron chi connectivity index (χ0n) is 12.4. The van der Waals surface area contributed by atoms with Crippen LogP contribution in [0.4, 0.5) is 8.78 Å². The summed E-state index contributed by atoms with van der Waals surface area (Å²) in [5, 5.41) is 0. The van der Waals surface area contributed by atoms with Crippen molar-refractivity contribution in [3.8, 4) is 0 Å². The second-order valence-electron chi connectivity index (χ2n) is 5.42. The number of benzene rings is 1. The summed E-state index contributed by atoms with van der Waals surface area (Å²) in [5.74, 6) is -0.504. The van der Waals surface area contributed by atoms with Crippen LogP contribution < -0.4 is 0 Å². The lowest BCUT2D eigenvalue weighted by atomic mass is 10.1. The van der Waals surface area contributed by atoms with Gasteiger partial charge < -0.3 is 9.80 Å². The molecule has 0 saturated carbocycles. The summed E-state index contributed by atoms with van der Waals surface area (Å²) >= 11 is 0. The number of alkyl halides is 2. The van der Waals surface area contributed by atoms with E-state index in [-0.39, 0.29) is 19.0 Å². The normalized spacial score (nSPS) is 15.2. The van der Waals surface area contributed by atoms with Crippen LogP contribution in [0.1, 0.15) is 24.8 Å². The molecular weight excluding hydrogens is 290 g/mol. The molecule has 1 fully saturated rings. The Morgan fingerprint density at radius 3 is 2.59 bits per heavy atom. The van der Waals surface area contributed by atoms with Crippen molar-refractivity contribution < 1.29 is 18.4 Å². The highest BCUT2D eigenvalue weighted by molar-refractivity contribution is 5.85. The van der Waals surface area contributed by atoms with Crippen molar-refractivity contribution in [2.24, 2.45) is 0 Å². The summed E-state index contributed by atoms with van der Waals surface area (Å²) in [4.78, 5) is 26.6. The molecule has 0 radical (unpaired) electrons. The SMILES string of the molecule is O=C1CCCCN1CC(=O)N(Cc1ccccc1)CC(F)F. The zero-order chi connectivity index (χ0) is 15.9. The van der Waals surface area contributed by atoms with E-state index < -0.39 is 18.9 Å². The third-order valence-electron chi connectivity index (χ3n) is 3.67. The molecule has 2 amide bonds. The third-order valence-corrected chi connectivity index (χ3v) is 3.67. The Morgan fingerprint density at radius 2 is 1.95 bits per heavy atom. The molecule has 0 unspecified atom stereocenters. The molecule has 120 valence electrons. The van der Waals surface area contributed by atoms with Crippen LogP contribution in [0.5, 0.6) is 0 Å². The van der Waals surface area contributed by atoms with Crippen LogP contribution in [0.2, 0.25) is 0 Å². The van der Waals surface area contributed by atoms with Crippen LogP contribution in [0.3, 0.4) is 0 Å². The molecule has 2 rings (SSSR count). The first kappa shape index (κ1) is 16.4. The Kier molecular flexibility index (Phi) is 5.86. The lowest BCUT2D eigenvalue weighted by Gasteiger charge is -2.29. The fraction of sp³-hybridized carbons (Fsp3) is 0.500. The third kappa shape index (κ3) is 4.79. The highest BCUT2D eigenvalue weighted by Gasteiger charge is 2.25. The van der Waals surface area contributed by atoms with Gasteiger partial charge in [-0.3, -0.25) is 9.59 Å². The van der Waals surface area contributed by atoms with Crippen LogP contribution >= 0.6 is 0 Å². The minimum absolute atomic E-state index is 0.0729. The molecule has 1 heterocycles. The summed E-state index contributed by atoms with van der Waals surface area (Å²) in [6.45, 7) is -0.0708. The number of hydrogen-bond donors (Lipinski definition) is 0. The molecule has 0 atom stereocenters. The number of likely N-dealkylation sites (tertiary alicyclic amines) is 1. The van der Waals surface area contributed by atoms with Gasteiger partial charge in [-0.1, -0.05) is 30.3 Å². The molecule has 4 nitrogen and oxygen atoms in total. The highest BCUT2D eigenvalue weighted by Crippen LogP contribution is 2.12. The van der Waals surface area contributed by atoms with Crippen LogP contribution in [0.25, 0.3) is 0 Å². The van der Waals surface area contributed by atoms with Crippen molar-refractivity contribution in [2.45, 2.75) is 32.2 Å². The number of piperidine rings is 1. The van der Waals surface area contributed by atoms with E-state index >= 15 is 0 Å². The van der Waals surface area contributed by atoms with E-state index in [2.05, 4.69) is 0 Å². The average molecular weight is 310 g/mol. The van der Waals surface area contributed by atoms with E-state index in [1.165, 1.54) is 4.90 Å². The summed E-state index contributed by atoms with van der Waals surface area (Å²) in [6, 6.07) is 9.01. The molecule has 1 aromatic rings. The summed E-state index contributed by atoms with van der Waals surface area (Å²) < 4.78 is 25.5. The Morgan fingerprint density at radius 1 is 1.23 bits per heavy atom. The molecule has 1 saturated heterocycles. The van der Waals surface area contributed by atoms with E-state index in [0.29, 0.717) is 13.0 Å². The quantitative estimate of drug-likeness (QED) is 0.809. The number of rotatable bonds is 6. The van der Waals surface area contributed by atoms with E-state index in [9.17, 15) is 18.4 Å². The molecule has 1 aromatic carbocycles. The average Bonchev–Trinajstić information content (AvgIpc) is 2.49. The number of halogens is 2. The summed E-state index contributed by atoms with van der Waals surface area (Å²) in [7, 11) is 0. The van der Waals surface area contributed by atoms with Crippen molar-refractivity contribution in [2.75, 3.05) is 19.6 Å². The molecule has 1 aliphatic heterocycles. The first-order chi connectivity index (χ1) is 10.6. The smallest absolute Gasteiger partial charge is 0.255 e. The lowest BCUT2D eigenvalue weighted by Crippen LogP contribution is -2.45. The maximum atomic E-state index is 12.7. The van der Waals surface area contributed by atoms with Crippen LogP contribution in [-0.4, -0.2) is 47.7 Å². The minimum atomic E-state index is -2.59. The van der Waals surface area contributed by atoms with Crippen molar-refractivity contribution >= 4 is 11.8 Å². The Labute approximate surface area is 128 Å². The van der Waals surface area contributed by atoms with E-state index in [1.54, 1.807) is 24.3 Å². The summed E-state index contributed by atoms with van der Waals surface area (Å²) in [5.41, 5.74) is 0.793. The molecule has 0 aromatic heterocycles. The standard InChI is InChI=1S/C16H20F2N2O2/c17-14(18)11-20(10-13-6-2-1-3-7-13)16(22)12-19-9-5-4-8-15(19)21/h1-3,6-7,14H,4-5,8-12H2. The minimum Gasteiger partial charge on any atom is -0.333 e. The van der Waals surface area contributed by atoms with Crippen LogP contribution in [0, 0.1) is 0 Å². The summed E-state index contributed by atoms with van der Waals surface area (Å²) in [6.07, 6.45) is -0.480. The lowest BCUT2D eigenvalue weighted by molar-refractivity contribution is -0.143. The molecule has 1 aliphatic rings. The molecule has 0 bridgehead atoms. The number of carbonyl (C=O) groups excluding carboxylic acids is 2. The zero-order valence-corrected chi connectivity index (χ0v) is 12.4. The van der Waals surface area contributed by atoms with Gasteiger partial charge in [0.1, 0.15) is 0 Å². The molecule has 22 heavy (non-hydrogen) atoms. The Bertz CT molecular complexity index is 508. The molecular formula is C16H20F2N2O2. The molecule has 0 spiro atoms. The maximum absolute atomic E-state index is 12.7. The molecule has 0 N–H and O–H groups in total. The molecule has 0 aliphatic carbocycles. The monoisotopic (exact) mass is 310 g/mol. The van der Waals surface area contributed by atoms with Gasteiger partial charge in [-0.2, -0.15) is 0 Å². The Balaban J connectivity index is 2.00. The first-order valence-corrected chi connectivity index (χ1v) is 7.44. The van der Waals surface area contributed by atoms with E-state index in [0.717, 1.165) is 23.3 Å². The van der Waals surface area contributed by atoms with Gasteiger partial charge in [0.15, 0.2) is 0 Å². The second kappa shape index (κ2) is 7.87. The van der Waals surface area contributed by atoms with Crippen LogP contribution in [0.15, 0.2) is 30.3 Å². The van der Waals surface area contributed by atoms with Crippen molar-refractivity contribution in [1.29, 1.82) is 0 Å². The van der Waals surface area contributed by atoms with Gasteiger partial charge in [-0.15, -0.1) is 0 Å². The van der Waals surface area contributed by atoms with Gasteiger partial charge in [0, 0.05) is 19.5 Å². The van der Waals surface area contributed by atoms with Crippen molar-refractivity contribution in [1.82, 2.24) is 9.80 Å².